The fourth-order valence-corrected chi connectivity index (χ4v) is 13.0. The van der Waals surface area contributed by atoms with E-state index in [0.29, 0.717) is 29.8 Å². The number of fused-ring (bicyclic) bond motifs is 7. The van der Waals surface area contributed by atoms with Crippen molar-refractivity contribution in [3.8, 4) is 11.4 Å². The molecule has 1 aliphatic heterocycles. The minimum Gasteiger partial charge on any atom is -0.310 e. The highest BCUT2D eigenvalue weighted by molar-refractivity contribution is 6.32. The van der Waals surface area contributed by atoms with E-state index < -0.39 is 5.92 Å². The first-order valence-corrected chi connectivity index (χ1v) is 28.6. The number of amides is 1. The van der Waals surface area contributed by atoms with Gasteiger partial charge in [-0.1, -0.05) is 161 Å². The fraction of sp³-hybridized carbons (Fsp3) is 0.120. The summed E-state index contributed by atoms with van der Waals surface area (Å²) in [6.07, 6.45) is 0.603. The average molecular weight is 1060 g/mol. The van der Waals surface area contributed by atoms with Gasteiger partial charge in [0.25, 0.3) is 5.91 Å². The van der Waals surface area contributed by atoms with Gasteiger partial charge in [0.15, 0.2) is 5.78 Å². The largest absolute Gasteiger partial charge is 0.310 e. The van der Waals surface area contributed by atoms with Crippen molar-refractivity contribution in [2.24, 2.45) is 17.8 Å². The molecule has 398 valence electrons. The molecule has 1 atom stereocenters. The molecule has 0 bridgehead atoms. The van der Waals surface area contributed by atoms with Gasteiger partial charge in [0.05, 0.1) is 38.9 Å². The average Bonchev–Trinajstić information content (AvgIpc) is 2.34. The standard InChI is InChI=1S/C75H61N5O2/c1-49(2)43-65-70(51-23-21-33-57(44-51)77(53-25-9-5-10-26-53)59-39-41-68-63(46-59)61-35-17-19-37-66(61)79(68)55-29-13-7-14-30-55)71-72(74(65)81)73(76(75(71)82)48-50(3)4)52-24-22-34-58(45-52)78(54-27-11-6-12-28-54)60-40-42-69-64(47-60)62-36-18-20-38-67(62)80(69)56-31-15-8-16-32-56/h5-42,44-47,49-50,65H,43,48H2,1-4H3. The van der Waals surface area contributed by atoms with Gasteiger partial charge in [0.1, 0.15) is 0 Å². The van der Waals surface area contributed by atoms with Crippen LogP contribution < -0.4 is 9.80 Å². The van der Waals surface area contributed by atoms with Crippen molar-refractivity contribution in [3.63, 3.8) is 0 Å². The van der Waals surface area contributed by atoms with Crippen molar-refractivity contribution in [1.82, 2.24) is 14.0 Å². The molecule has 1 aliphatic carbocycles. The van der Waals surface area contributed by atoms with Crippen LogP contribution >= 0.6 is 0 Å². The number of para-hydroxylation sites is 6. The summed E-state index contributed by atoms with van der Waals surface area (Å²) in [5, 5.41) is 4.62. The number of ketones is 1. The van der Waals surface area contributed by atoms with Crippen LogP contribution in [0.2, 0.25) is 0 Å². The summed E-state index contributed by atoms with van der Waals surface area (Å²) in [6, 6.07) is 89.6. The third-order valence-corrected chi connectivity index (χ3v) is 16.3. The molecule has 7 nitrogen and oxygen atoms in total. The van der Waals surface area contributed by atoms with Gasteiger partial charge in [-0.25, -0.2) is 0 Å². The van der Waals surface area contributed by atoms with Crippen LogP contribution in [0.5, 0.6) is 0 Å². The molecule has 82 heavy (non-hydrogen) atoms. The Labute approximate surface area is 478 Å². The van der Waals surface area contributed by atoms with Gasteiger partial charge in [-0.3, -0.25) is 9.59 Å². The first-order chi connectivity index (χ1) is 40.2. The number of hydrogen-bond acceptors (Lipinski definition) is 4. The molecule has 12 aromatic rings. The number of hydrogen-bond donors (Lipinski definition) is 0. The van der Waals surface area contributed by atoms with E-state index >= 15 is 9.59 Å². The highest BCUT2D eigenvalue weighted by atomic mass is 16.2. The number of benzene rings is 10. The predicted molar refractivity (Wildman–Crippen MR) is 339 cm³/mol. The van der Waals surface area contributed by atoms with Gasteiger partial charge < -0.3 is 23.8 Å². The van der Waals surface area contributed by atoms with Crippen LogP contribution in [-0.2, 0) is 9.59 Å². The van der Waals surface area contributed by atoms with E-state index in [2.05, 4.69) is 289 Å². The van der Waals surface area contributed by atoms with Crippen LogP contribution in [0.3, 0.4) is 0 Å². The normalized spacial score (nSPS) is 14.5. The second-order valence-corrected chi connectivity index (χ2v) is 22.6. The first kappa shape index (κ1) is 50.3. The molecule has 0 saturated heterocycles. The lowest BCUT2D eigenvalue weighted by Crippen LogP contribution is -2.30. The highest BCUT2D eigenvalue weighted by Gasteiger charge is 2.50. The monoisotopic (exact) mass is 1060 g/mol. The van der Waals surface area contributed by atoms with E-state index in [1.165, 1.54) is 10.8 Å². The number of anilines is 6. The van der Waals surface area contributed by atoms with Crippen molar-refractivity contribution < 1.29 is 9.59 Å². The van der Waals surface area contributed by atoms with Crippen LogP contribution in [-0.4, -0.2) is 32.3 Å². The van der Waals surface area contributed by atoms with E-state index in [4.69, 9.17) is 0 Å². The van der Waals surface area contributed by atoms with Gasteiger partial charge in [-0.05, 0) is 151 Å². The number of allylic oxidation sites excluding steroid dienone is 1. The van der Waals surface area contributed by atoms with Gasteiger partial charge in [0.2, 0.25) is 0 Å². The molecule has 14 rings (SSSR count). The number of carbonyl (C=O) groups excluding carboxylic acids is 2. The summed E-state index contributed by atoms with van der Waals surface area (Å²) in [6.45, 7) is 9.07. The smallest absolute Gasteiger partial charge is 0.259 e. The number of aromatic nitrogens is 2. The number of nitrogens with zero attached hydrogens (tertiary/aromatic N) is 5. The van der Waals surface area contributed by atoms with Crippen molar-refractivity contribution in [2.45, 2.75) is 34.1 Å². The summed E-state index contributed by atoms with van der Waals surface area (Å²) in [7, 11) is 0. The Hall–Kier alpha value is -9.98. The van der Waals surface area contributed by atoms with Crippen molar-refractivity contribution in [1.29, 1.82) is 0 Å². The molecule has 10 aromatic carbocycles. The third-order valence-electron chi connectivity index (χ3n) is 16.3. The summed E-state index contributed by atoms with van der Waals surface area (Å²) in [4.78, 5) is 38.0. The minimum absolute atomic E-state index is 0.00413. The molecule has 0 radical (unpaired) electrons. The molecule has 3 heterocycles. The molecule has 2 aromatic heterocycles. The van der Waals surface area contributed by atoms with E-state index in [1.807, 2.05) is 17.0 Å². The second-order valence-electron chi connectivity index (χ2n) is 22.6. The van der Waals surface area contributed by atoms with Crippen molar-refractivity contribution >= 4 is 101 Å². The lowest BCUT2D eigenvalue weighted by molar-refractivity contribution is -0.123. The summed E-state index contributed by atoms with van der Waals surface area (Å²) in [5.41, 5.74) is 16.8. The molecule has 0 spiro atoms. The molecule has 7 heteroatoms. The topological polar surface area (TPSA) is 53.7 Å². The zero-order valence-electron chi connectivity index (χ0n) is 46.4. The van der Waals surface area contributed by atoms with E-state index in [1.54, 1.807) is 0 Å². The van der Waals surface area contributed by atoms with Crippen LogP contribution in [0.4, 0.5) is 34.1 Å². The predicted octanol–water partition coefficient (Wildman–Crippen LogP) is 18.7. The molecular formula is C75H61N5O2. The lowest BCUT2D eigenvalue weighted by Gasteiger charge is -2.28. The maximum absolute atomic E-state index is 15.8. The van der Waals surface area contributed by atoms with Crippen molar-refractivity contribution in [3.05, 3.63) is 277 Å². The van der Waals surface area contributed by atoms with Crippen LogP contribution in [0.25, 0.3) is 66.3 Å². The Balaban J connectivity index is 0.923. The van der Waals surface area contributed by atoms with Gasteiger partial charge in [-0.2, -0.15) is 0 Å². The van der Waals surface area contributed by atoms with Gasteiger partial charge in [-0.15, -0.1) is 0 Å². The van der Waals surface area contributed by atoms with E-state index in [-0.39, 0.29) is 23.5 Å². The molecule has 0 saturated carbocycles. The molecule has 0 fully saturated rings. The van der Waals surface area contributed by atoms with Crippen LogP contribution in [0, 0.1) is 17.8 Å². The fourth-order valence-electron chi connectivity index (χ4n) is 13.0. The second kappa shape index (κ2) is 20.6. The van der Waals surface area contributed by atoms with Crippen molar-refractivity contribution in [2.75, 3.05) is 16.3 Å². The molecule has 1 unspecified atom stereocenters. The maximum atomic E-state index is 15.8. The van der Waals surface area contributed by atoms with E-state index in [9.17, 15) is 0 Å². The Bertz CT molecular complexity index is 4220. The zero-order valence-corrected chi connectivity index (χ0v) is 46.4. The van der Waals surface area contributed by atoms with Gasteiger partial charge >= 0.3 is 0 Å². The lowest BCUT2D eigenvalue weighted by atomic mass is 9.85. The van der Waals surface area contributed by atoms with Crippen LogP contribution in [0.15, 0.2) is 266 Å². The first-order valence-electron chi connectivity index (χ1n) is 28.6. The minimum atomic E-state index is -0.514. The molecule has 1 amide bonds. The Morgan fingerprint density at radius 1 is 0.378 bits per heavy atom. The number of rotatable bonds is 14. The summed E-state index contributed by atoms with van der Waals surface area (Å²) < 4.78 is 4.67. The van der Waals surface area contributed by atoms with E-state index in [0.717, 1.165) is 95.0 Å². The third kappa shape index (κ3) is 8.51. The van der Waals surface area contributed by atoms with Crippen LogP contribution in [0.1, 0.15) is 45.2 Å². The summed E-state index contributed by atoms with van der Waals surface area (Å²) in [5.74, 6) is -0.321. The Kier molecular flexibility index (Phi) is 12.6. The Morgan fingerprint density at radius 3 is 1.28 bits per heavy atom. The van der Waals surface area contributed by atoms with Gasteiger partial charge in [0, 0.05) is 85.1 Å². The quantitative estimate of drug-likeness (QED) is 0.109. The highest BCUT2D eigenvalue weighted by Crippen LogP contribution is 2.52. The molecule has 2 aliphatic rings. The number of Topliss-reactive ketones (excluding diaryl/α,β-unsaturated/α-hetero) is 1. The maximum Gasteiger partial charge on any atom is 0.259 e. The summed E-state index contributed by atoms with van der Waals surface area (Å²) >= 11 is 0. The SMILES string of the molecule is CC(C)CC1C(=O)C2=C(c3cccc(N(c4ccccc4)c4ccc5c(c4)c4ccccc4n5-c4ccccc4)c3)N(CC(C)C)C(=O)C2=C1c1cccc(N(c2ccccc2)c2ccc3c(c2)c2ccccc2n3-c2ccccc2)c1. The molecule has 0 N–H and O–H groups in total. The Morgan fingerprint density at radius 2 is 0.793 bits per heavy atom. The molecular weight excluding hydrogens is 1000 g/mol. The zero-order chi connectivity index (χ0) is 55.6. The number of carbonyl (C=O) groups is 2.